The van der Waals surface area contributed by atoms with Crippen LogP contribution in [-0.4, -0.2) is 40.8 Å². The van der Waals surface area contributed by atoms with Crippen LogP contribution in [0.3, 0.4) is 0 Å². The molecule has 0 fully saturated rings. The van der Waals surface area contributed by atoms with Crippen molar-refractivity contribution in [2.45, 2.75) is 12.5 Å². The van der Waals surface area contributed by atoms with Crippen LogP contribution in [-0.2, 0) is 6.42 Å². The summed E-state index contributed by atoms with van der Waals surface area (Å²) in [5.41, 5.74) is 3.94. The molecule has 34 heavy (non-hydrogen) atoms. The normalized spacial score (nSPS) is 15.3. The molecule has 0 bridgehead atoms. The first-order valence-corrected chi connectivity index (χ1v) is 11.7. The van der Waals surface area contributed by atoms with E-state index < -0.39 is 6.09 Å². The van der Waals surface area contributed by atoms with E-state index in [1.165, 1.54) is 0 Å². The van der Waals surface area contributed by atoms with Gasteiger partial charge in [0.15, 0.2) is 0 Å². The maximum absolute atomic E-state index is 13.3. The van der Waals surface area contributed by atoms with Crippen LogP contribution in [0.1, 0.15) is 22.9 Å². The summed E-state index contributed by atoms with van der Waals surface area (Å²) in [5.74, 6) is 1.07. The quantitative estimate of drug-likeness (QED) is 0.355. The van der Waals surface area contributed by atoms with E-state index >= 15 is 0 Å². The van der Waals surface area contributed by atoms with Gasteiger partial charge in [-0.05, 0) is 72.1 Å². The van der Waals surface area contributed by atoms with Crippen LogP contribution in [0.2, 0.25) is 10.0 Å². The predicted molar refractivity (Wildman–Crippen MR) is 132 cm³/mol. The lowest BCUT2D eigenvalue weighted by molar-refractivity contribution is 0.135. The second-order valence-electron chi connectivity index (χ2n) is 8.02. The molecule has 0 aliphatic carbocycles. The number of hydrogen-bond donors (Lipinski definition) is 2. The first kappa shape index (κ1) is 22.6. The molecule has 0 radical (unpaired) electrons. The third-order valence-electron chi connectivity index (χ3n) is 5.90. The Morgan fingerprint density at radius 2 is 1.71 bits per heavy atom. The maximum atomic E-state index is 13.3. The Morgan fingerprint density at radius 3 is 2.44 bits per heavy atom. The Labute approximate surface area is 206 Å². The standard InChI is InChI=1S/C26H22Cl2N2O4/c27-17-3-8-20(9-4-17)34-26(32)30-12-11-21-22-15-18(28)5-10-23(22)29-24(21)25(30)16-1-6-19(7-2-16)33-14-13-31/h1-10,15,25,29,31H,11-14H2. The van der Waals surface area contributed by atoms with Gasteiger partial charge >= 0.3 is 6.09 Å². The summed E-state index contributed by atoms with van der Waals surface area (Å²) in [6, 6.07) is 19.6. The number of amides is 1. The summed E-state index contributed by atoms with van der Waals surface area (Å²) in [5, 5.41) is 11.3. The van der Waals surface area contributed by atoms with Gasteiger partial charge in [0.25, 0.3) is 0 Å². The highest BCUT2D eigenvalue weighted by Crippen LogP contribution is 2.40. The molecule has 174 valence electrons. The van der Waals surface area contributed by atoms with E-state index in [1.54, 1.807) is 29.2 Å². The Balaban J connectivity index is 1.53. The van der Waals surface area contributed by atoms with Crippen molar-refractivity contribution in [3.8, 4) is 11.5 Å². The number of halogens is 2. The molecule has 3 aromatic carbocycles. The van der Waals surface area contributed by atoms with Gasteiger partial charge in [0.1, 0.15) is 24.1 Å². The molecular weight excluding hydrogens is 475 g/mol. The summed E-state index contributed by atoms with van der Waals surface area (Å²) in [6.45, 7) is 0.636. The largest absolute Gasteiger partial charge is 0.491 e. The number of aromatic nitrogens is 1. The van der Waals surface area contributed by atoms with Crippen LogP contribution in [0.25, 0.3) is 10.9 Å². The van der Waals surface area contributed by atoms with Crippen LogP contribution in [0, 0.1) is 0 Å². The van der Waals surface area contributed by atoms with Crippen LogP contribution in [0.5, 0.6) is 11.5 Å². The molecule has 0 spiro atoms. The summed E-state index contributed by atoms with van der Waals surface area (Å²) >= 11 is 12.2. The second kappa shape index (κ2) is 9.58. The van der Waals surface area contributed by atoms with Gasteiger partial charge in [-0.15, -0.1) is 0 Å². The van der Waals surface area contributed by atoms with Crippen LogP contribution in [0.15, 0.2) is 66.7 Å². The molecule has 6 nitrogen and oxygen atoms in total. The van der Waals surface area contributed by atoms with Gasteiger partial charge in [-0.25, -0.2) is 4.79 Å². The van der Waals surface area contributed by atoms with Gasteiger partial charge in [-0.3, -0.25) is 4.90 Å². The molecule has 1 unspecified atom stereocenters. The smallest absolute Gasteiger partial charge is 0.416 e. The third-order valence-corrected chi connectivity index (χ3v) is 6.39. The molecule has 1 atom stereocenters. The minimum absolute atomic E-state index is 0.0598. The number of H-pyrrole nitrogens is 1. The molecule has 1 aliphatic heterocycles. The zero-order valence-corrected chi connectivity index (χ0v) is 19.6. The first-order valence-electron chi connectivity index (χ1n) is 10.9. The number of benzene rings is 3. The van der Waals surface area contributed by atoms with Crippen molar-refractivity contribution in [3.63, 3.8) is 0 Å². The Kier molecular flexibility index (Phi) is 6.37. The highest BCUT2D eigenvalue weighted by atomic mass is 35.5. The highest BCUT2D eigenvalue weighted by Gasteiger charge is 2.35. The Hall–Kier alpha value is -3.19. The number of aromatic amines is 1. The van der Waals surface area contributed by atoms with Crippen molar-refractivity contribution in [1.82, 2.24) is 9.88 Å². The zero-order chi connectivity index (χ0) is 23.7. The molecule has 1 aliphatic rings. The molecule has 2 heterocycles. The Bertz CT molecular complexity index is 1320. The topological polar surface area (TPSA) is 74.8 Å². The molecule has 0 saturated carbocycles. The monoisotopic (exact) mass is 496 g/mol. The zero-order valence-electron chi connectivity index (χ0n) is 18.1. The number of aliphatic hydroxyl groups excluding tert-OH is 1. The number of fused-ring (bicyclic) bond motifs is 3. The molecule has 8 heteroatoms. The number of hydrogen-bond acceptors (Lipinski definition) is 4. The molecule has 4 aromatic rings. The van der Waals surface area contributed by atoms with Gasteiger partial charge in [0.05, 0.1) is 6.61 Å². The Morgan fingerprint density at radius 1 is 1.00 bits per heavy atom. The second-order valence-corrected chi connectivity index (χ2v) is 8.89. The minimum Gasteiger partial charge on any atom is -0.491 e. The summed E-state index contributed by atoms with van der Waals surface area (Å²) in [6.07, 6.45) is 0.217. The van der Waals surface area contributed by atoms with Crippen molar-refractivity contribution in [2.24, 2.45) is 0 Å². The van der Waals surface area contributed by atoms with Crippen molar-refractivity contribution in [3.05, 3.63) is 93.6 Å². The van der Waals surface area contributed by atoms with Gasteiger partial charge in [-0.2, -0.15) is 0 Å². The molecule has 1 aromatic heterocycles. The number of carbonyl (C=O) groups excluding carboxylic acids is 1. The lowest BCUT2D eigenvalue weighted by Gasteiger charge is -2.35. The van der Waals surface area contributed by atoms with E-state index in [9.17, 15) is 4.79 Å². The number of nitrogens with one attached hydrogen (secondary N) is 1. The molecular formula is C26H22Cl2N2O4. The summed E-state index contributed by atoms with van der Waals surface area (Å²) in [7, 11) is 0. The lowest BCUT2D eigenvalue weighted by Crippen LogP contribution is -2.42. The maximum Gasteiger partial charge on any atom is 0.416 e. The van der Waals surface area contributed by atoms with Crippen LogP contribution < -0.4 is 9.47 Å². The van der Waals surface area contributed by atoms with Crippen molar-refractivity contribution in [2.75, 3.05) is 19.8 Å². The molecule has 1 amide bonds. The molecule has 2 N–H and O–H groups in total. The average molecular weight is 497 g/mol. The average Bonchev–Trinajstić information content (AvgIpc) is 3.21. The van der Waals surface area contributed by atoms with E-state index in [0.717, 1.165) is 27.7 Å². The van der Waals surface area contributed by atoms with Crippen molar-refractivity contribution < 1.29 is 19.4 Å². The van der Waals surface area contributed by atoms with Gasteiger partial charge < -0.3 is 19.6 Å². The number of rotatable bonds is 5. The number of ether oxygens (including phenoxy) is 2. The predicted octanol–water partition coefficient (Wildman–Crippen LogP) is 5.99. The lowest BCUT2D eigenvalue weighted by atomic mass is 9.92. The van der Waals surface area contributed by atoms with Crippen LogP contribution in [0.4, 0.5) is 4.79 Å². The van der Waals surface area contributed by atoms with E-state index in [-0.39, 0.29) is 19.3 Å². The summed E-state index contributed by atoms with van der Waals surface area (Å²) < 4.78 is 11.2. The highest BCUT2D eigenvalue weighted by molar-refractivity contribution is 6.31. The SMILES string of the molecule is O=C(Oc1ccc(Cl)cc1)N1CCc2c([nH]c3ccc(Cl)cc23)C1c1ccc(OCCO)cc1. The number of carbonyl (C=O) groups is 1. The van der Waals surface area contributed by atoms with Crippen LogP contribution >= 0.6 is 23.2 Å². The minimum atomic E-state index is -0.449. The van der Waals surface area contributed by atoms with E-state index in [4.69, 9.17) is 37.8 Å². The fourth-order valence-corrected chi connectivity index (χ4v) is 4.67. The number of aliphatic hydroxyl groups is 1. The summed E-state index contributed by atoms with van der Waals surface area (Å²) in [4.78, 5) is 18.5. The van der Waals surface area contributed by atoms with Gasteiger partial charge in [0.2, 0.25) is 0 Å². The van der Waals surface area contributed by atoms with E-state index in [2.05, 4.69) is 4.98 Å². The fourth-order valence-electron chi connectivity index (χ4n) is 4.38. The molecule has 0 saturated heterocycles. The van der Waals surface area contributed by atoms with Gasteiger partial charge in [0, 0.05) is 33.2 Å². The van der Waals surface area contributed by atoms with Crippen molar-refractivity contribution >= 4 is 40.2 Å². The first-order chi connectivity index (χ1) is 16.5. The number of nitrogens with zero attached hydrogens (tertiary/aromatic N) is 1. The van der Waals surface area contributed by atoms with Crippen molar-refractivity contribution in [1.29, 1.82) is 0 Å². The molecule has 5 rings (SSSR count). The fraction of sp³-hybridized carbons (Fsp3) is 0.192. The van der Waals surface area contributed by atoms with Gasteiger partial charge in [-0.1, -0.05) is 35.3 Å². The third kappa shape index (κ3) is 4.44. The van der Waals surface area contributed by atoms with E-state index in [1.807, 2.05) is 42.5 Å². The van der Waals surface area contributed by atoms with E-state index in [0.29, 0.717) is 34.5 Å².